The van der Waals surface area contributed by atoms with E-state index in [1.54, 1.807) is 19.2 Å². The molecule has 0 radical (unpaired) electrons. The molecule has 1 amide bonds. The molecule has 2 rings (SSSR count). The van der Waals surface area contributed by atoms with Crippen LogP contribution in [0.4, 0.5) is 5.69 Å². The number of guanidine groups is 1. The Kier molecular flexibility index (Phi) is 9.75. The second-order valence-corrected chi connectivity index (χ2v) is 6.24. The third kappa shape index (κ3) is 7.39. The normalized spacial score (nSPS) is 10.7. The van der Waals surface area contributed by atoms with Gasteiger partial charge in [-0.3, -0.25) is 9.79 Å². The Hall–Kier alpha value is -1.51. The van der Waals surface area contributed by atoms with Crippen LogP contribution in [-0.4, -0.2) is 18.9 Å². The summed E-state index contributed by atoms with van der Waals surface area (Å²) in [5.74, 6) is 0.554. The van der Waals surface area contributed by atoms with Gasteiger partial charge in [0.05, 0.1) is 0 Å². The first-order valence-electron chi connectivity index (χ1n) is 7.73. The molecule has 0 aromatic heterocycles. The van der Waals surface area contributed by atoms with Crippen LogP contribution in [-0.2, 0) is 17.9 Å². The molecule has 140 valence electrons. The molecule has 0 saturated carbocycles. The van der Waals surface area contributed by atoms with Crippen LogP contribution >= 0.6 is 47.2 Å². The zero-order valence-corrected chi connectivity index (χ0v) is 18.3. The highest BCUT2D eigenvalue weighted by Gasteiger charge is 2.04. The Morgan fingerprint density at radius 3 is 2.46 bits per heavy atom. The number of halogens is 3. The van der Waals surface area contributed by atoms with Crippen molar-refractivity contribution in [2.45, 2.75) is 20.0 Å². The number of nitrogens with zero attached hydrogens (tertiary/aromatic N) is 1. The van der Waals surface area contributed by atoms with Crippen molar-refractivity contribution in [2.75, 3.05) is 12.4 Å². The average molecular weight is 507 g/mol. The van der Waals surface area contributed by atoms with Crippen LogP contribution in [0, 0.1) is 0 Å². The lowest BCUT2D eigenvalue weighted by Gasteiger charge is -2.13. The summed E-state index contributed by atoms with van der Waals surface area (Å²) >= 11 is 12.1. The highest BCUT2D eigenvalue weighted by atomic mass is 127. The number of carbonyl (C=O) groups excluding carboxylic acids is 1. The summed E-state index contributed by atoms with van der Waals surface area (Å²) in [5.41, 5.74) is 2.73. The van der Waals surface area contributed by atoms with Gasteiger partial charge in [-0.2, -0.15) is 0 Å². The highest BCUT2D eigenvalue weighted by molar-refractivity contribution is 14.0. The summed E-state index contributed by atoms with van der Waals surface area (Å²) in [5, 5.41) is 10.4. The quantitative estimate of drug-likeness (QED) is 0.319. The van der Waals surface area contributed by atoms with Crippen molar-refractivity contribution in [1.82, 2.24) is 10.6 Å². The van der Waals surface area contributed by atoms with Crippen LogP contribution in [0.1, 0.15) is 18.1 Å². The van der Waals surface area contributed by atoms with Crippen molar-refractivity contribution < 1.29 is 4.79 Å². The van der Waals surface area contributed by atoms with E-state index in [4.69, 9.17) is 23.2 Å². The average Bonchev–Trinajstić information content (AvgIpc) is 2.56. The molecule has 8 heteroatoms. The van der Waals surface area contributed by atoms with E-state index in [1.165, 1.54) is 6.92 Å². The van der Waals surface area contributed by atoms with E-state index in [0.29, 0.717) is 29.1 Å². The largest absolute Gasteiger partial charge is 0.352 e. The summed E-state index contributed by atoms with van der Waals surface area (Å²) in [6, 6.07) is 13.0. The highest BCUT2D eigenvalue weighted by Crippen LogP contribution is 2.20. The van der Waals surface area contributed by atoms with Gasteiger partial charge in [-0.25, -0.2) is 0 Å². The van der Waals surface area contributed by atoms with Gasteiger partial charge in [0.15, 0.2) is 5.96 Å². The lowest BCUT2D eigenvalue weighted by molar-refractivity contribution is -0.114. The SMILES string of the molecule is CN=C(NCc1cccc(NC(C)=O)c1)NCc1ccc(Cl)cc1Cl.I. The van der Waals surface area contributed by atoms with Gasteiger partial charge in [-0.05, 0) is 35.4 Å². The number of aliphatic imine (C=N–C) groups is 1. The first kappa shape index (κ1) is 22.5. The smallest absolute Gasteiger partial charge is 0.221 e. The number of benzene rings is 2. The van der Waals surface area contributed by atoms with Gasteiger partial charge in [0.2, 0.25) is 5.91 Å². The van der Waals surface area contributed by atoms with E-state index in [9.17, 15) is 4.79 Å². The first-order valence-corrected chi connectivity index (χ1v) is 8.48. The minimum Gasteiger partial charge on any atom is -0.352 e. The molecular weight excluding hydrogens is 486 g/mol. The summed E-state index contributed by atoms with van der Waals surface area (Å²) in [6.07, 6.45) is 0. The first-order chi connectivity index (χ1) is 12.0. The molecule has 0 aliphatic heterocycles. The van der Waals surface area contributed by atoms with Gasteiger partial charge in [-0.1, -0.05) is 41.4 Å². The molecule has 3 N–H and O–H groups in total. The minimum absolute atomic E-state index is 0. The maximum absolute atomic E-state index is 11.1. The predicted octanol–water partition coefficient (Wildman–Crippen LogP) is 4.44. The molecule has 0 bridgehead atoms. The molecule has 5 nitrogen and oxygen atoms in total. The fourth-order valence-corrected chi connectivity index (χ4v) is 2.69. The van der Waals surface area contributed by atoms with Crippen LogP contribution in [0.2, 0.25) is 10.0 Å². The zero-order chi connectivity index (χ0) is 18.2. The molecule has 0 aliphatic rings. The monoisotopic (exact) mass is 506 g/mol. The van der Waals surface area contributed by atoms with E-state index >= 15 is 0 Å². The summed E-state index contributed by atoms with van der Waals surface area (Å²) < 4.78 is 0. The molecule has 0 spiro atoms. The lowest BCUT2D eigenvalue weighted by atomic mass is 10.2. The molecule has 0 fully saturated rings. The third-order valence-corrected chi connectivity index (χ3v) is 3.98. The van der Waals surface area contributed by atoms with Crippen molar-refractivity contribution in [1.29, 1.82) is 0 Å². The molecule has 0 unspecified atom stereocenters. The van der Waals surface area contributed by atoms with E-state index in [1.807, 2.05) is 30.3 Å². The Morgan fingerprint density at radius 2 is 1.81 bits per heavy atom. The van der Waals surface area contributed by atoms with Crippen LogP contribution in [0.15, 0.2) is 47.5 Å². The number of hydrogen-bond donors (Lipinski definition) is 3. The third-order valence-electron chi connectivity index (χ3n) is 3.39. The topological polar surface area (TPSA) is 65.5 Å². The number of carbonyl (C=O) groups is 1. The van der Waals surface area contributed by atoms with Crippen LogP contribution in [0.5, 0.6) is 0 Å². The summed E-state index contributed by atoms with van der Waals surface area (Å²) in [7, 11) is 1.70. The van der Waals surface area contributed by atoms with Crippen molar-refractivity contribution in [3.63, 3.8) is 0 Å². The number of nitrogens with one attached hydrogen (secondary N) is 3. The number of amides is 1. The molecule has 0 heterocycles. The van der Waals surface area contributed by atoms with Gasteiger partial charge >= 0.3 is 0 Å². The predicted molar refractivity (Wildman–Crippen MR) is 120 cm³/mol. The zero-order valence-electron chi connectivity index (χ0n) is 14.5. The van der Waals surface area contributed by atoms with Gasteiger partial charge in [0.25, 0.3) is 0 Å². The van der Waals surface area contributed by atoms with Crippen molar-refractivity contribution in [2.24, 2.45) is 4.99 Å². The fourth-order valence-electron chi connectivity index (χ4n) is 2.21. The molecule has 0 aliphatic carbocycles. The van der Waals surface area contributed by atoms with Gasteiger partial charge in [0, 0.05) is 42.8 Å². The van der Waals surface area contributed by atoms with Crippen LogP contribution < -0.4 is 16.0 Å². The maximum Gasteiger partial charge on any atom is 0.221 e. The Labute approximate surface area is 180 Å². The van der Waals surface area contributed by atoms with E-state index in [-0.39, 0.29) is 29.9 Å². The summed E-state index contributed by atoms with van der Waals surface area (Å²) in [6.45, 7) is 2.58. The Bertz CT molecular complexity index is 784. The van der Waals surface area contributed by atoms with Crippen molar-refractivity contribution >= 4 is 64.7 Å². The Balaban J connectivity index is 0.00000338. The fraction of sp³-hybridized carbons (Fsp3) is 0.222. The van der Waals surface area contributed by atoms with Gasteiger partial charge in [0.1, 0.15) is 0 Å². The second-order valence-electron chi connectivity index (χ2n) is 5.40. The molecule has 26 heavy (non-hydrogen) atoms. The second kappa shape index (κ2) is 11.3. The maximum atomic E-state index is 11.1. The minimum atomic E-state index is -0.0950. The van der Waals surface area contributed by atoms with Crippen LogP contribution in [0.3, 0.4) is 0 Å². The Morgan fingerprint density at radius 1 is 1.08 bits per heavy atom. The number of rotatable bonds is 5. The van der Waals surface area contributed by atoms with Gasteiger partial charge in [-0.15, -0.1) is 24.0 Å². The van der Waals surface area contributed by atoms with E-state index < -0.39 is 0 Å². The van der Waals surface area contributed by atoms with E-state index in [0.717, 1.165) is 16.8 Å². The molecule has 0 atom stereocenters. The molecular formula is C18H21Cl2IN4O. The van der Waals surface area contributed by atoms with Crippen LogP contribution in [0.25, 0.3) is 0 Å². The van der Waals surface area contributed by atoms with E-state index in [2.05, 4.69) is 20.9 Å². The van der Waals surface area contributed by atoms with Gasteiger partial charge < -0.3 is 16.0 Å². The van der Waals surface area contributed by atoms with Crippen molar-refractivity contribution in [3.05, 3.63) is 63.6 Å². The number of anilines is 1. The lowest BCUT2D eigenvalue weighted by Crippen LogP contribution is -2.36. The molecule has 2 aromatic carbocycles. The van der Waals surface area contributed by atoms with Crippen molar-refractivity contribution in [3.8, 4) is 0 Å². The standard InChI is InChI=1S/C18H20Cl2N4O.HI/c1-12(25)24-16-5-3-4-13(8-16)10-22-18(21-2)23-11-14-6-7-15(19)9-17(14)20;/h3-9H,10-11H2,1-2H3,(H,24,25)(H2,21,22,23);1H. The summed E-state index contributed by atoms with van der Waals surface area (Å²) in [4.78, 5) is 15.3. The molecule has 2 aromatic rings. The number of hydrogen-bond acceptors (Lipinski definition) is 2. The molecule has 0 saturated heterocycles.